The van der Waals surface area contributed by atoms with Gasteiger partial charge in [0, 0.05) is 11.7 Å². The van der Waals surface area contributed by atoms with Crippen LogP contribution in [0.5, 0.6) is 0 Å². The van der Waals surface area contributed by atoms with Gasteiger partial charge in [-0.05, 0) is 53.0 Å². The van der Waals surface area contributed by atoms with Crippen LogP contribution in [0.25, 0.3) is 0 Å². The number of hydrogen-bond donors (Lipinski definition) is 2. The molecule has 1 saturated carbocycles. The van der Waals surface area contributed by atoms with Crippen LogP contribution in [0, 0.1) is 13.8 Å². The fourth-order valence-corrected chi connectivity index (χ4v) is 3.55. The van der Waals surface area contributed by atoms with Crippen molar-refractivity contribution in [1.82, 2.24) is 10.3 Å². The van der Waals surface area contributed by atoms with Crippen LogP contribution in [-0.2, 0) is 14.3 Å². The number of aromatic amines is 1. The van der Waals surface area contributed by atoms with Crippen LogP contribution in [-0.4, -0.2) is 41.1 Å². The Morgan fingerprint density at radius 1 is 0.964 bits per heavy atom. The second-order valence-corrected chi connectivity index (χ2v) is 7.82. The third-order valence-corrected chi connectivity index (χ3v) is 5.04. The van der Waals surface area contributed by atoms with E-state index in [0.29, 0.717) is 16.8 Å². The van der Waals surface area contributed by atoms with E-state index in [2.05, 4.69) is 10.3 Å². The lowest BCUT2D eigenvalue weighted by atomic mass is 10.1. The van der Waals surface area contributed by atoms with Gasteiger partial charge >= 0.3 is 11.9 Å². The third kappa shape index (κ3) is 5.59. The first kappa shape index (κ1) is 22.0. The molecule has 2 N–H and O–H groups in total. The predicted molar refractivity (Wildman–Crippen MR) is 105 cm³/mol. The average molecular weight is 392 g/mol. The summed E-state index contributed by atoms with van der Waals surface area (Å²) in [5, 5.41) is 2.99. The van der Waals surface area contributed by atoms with Crippen molar-refractivity contribution in [2.24, 2.45) is 0 Å². The highest BCUT2D eigenvalue weighted by atomic mass is 16.6. The molecule has 1 fully saturated rings. The monoisotopic (exact) mass is 392 g/mol. The molecule has 1 atom stereocenters. The van der Waals surface area contributed by atoms with E-state index in [0.717, 1.165) is 25.7 Å². The maximum atomic E-state index is 12.6. The third-order valence-electron chi connectivity index (χ3n) is 5.04. The normalized spacial score (nSPS) is 16.4. The quantitative estimate of drug-likeness (QED) is 0.570. The maximum Gasteiger partial charge on any atom is 0.355 e. The molecule has 7 heteroatoms. The number of carbonyl (C=O) groups is 3. The van der Waals surface area contributed by atoms with Crippen molar-refractivity contribution in [2.75, 3.05) is 0 Å². The van der Waals surface area contributed by atoms with Crippen LogP contribution in [0.4, 0.5) is 0 Å². The van der Waals surface area contributed by atoms with Crippen LogP contribution >= 0.6 is 0 Å². The van der Waals surface area contributed by atoms with E-state index in [1.54, 1.807) is 34.6 Å². The van der Waals surface area contributed by atoms with Crippen molar-refractivity contribution < 1.29 is 23.9 Å². The SMILES string of the molecule is Cc1[nH]c(C(=O)O[C@@H](C)C(=O)NC2CCCCCC2)c(C)c1C(=O)OC(C)C. The zero-order valence-electron chi connectivity index (χ0n) is 17.5. The largest absolute Gasteiger partial charge is 0.459 e. The van der Waals surface area contributed by atoms with Crippen molar-refractivity contribution in [3.05, 3.63) is 22.5 Å². The molecule has 1 aliphatic carbocycles. The molecular formula is C21H32N2O5. The molecule has 0 bridgehead atoms. The van der Waals surface area contributed by atoms with E-state index < -0.39 is 18.0 Å². The lowest BCUT2D eigenvalue weighted by molar-refractivity contribution is -0.129. The van der Waals surface area contributed by atoms with Crippen molar-refractivity contribution in [1.29, 1.82) is 0 Å². The molecule has 0 unspecified atom stereocenters. The summed E-state index contributed by atoms with van der Waals surface area (Å²) in [5.41, 5.74) is 1.49. The van der Waals surface area contributed by atoms with E-state index in [1.165, 1.54) is 12.8 Å². The first-order valence-electron chi connectivity index (χ1n) is 10.1. The smallest absolute Gasteiger partial charge is 0.355 e. The highest BCUT2D eigenvalue weighted by Gasteiger charge is 2.27. The van der Waals surface area contributed by atoms with Gasteiger partial charge in [0.05, 0.1) is 11.7 Å². The van der Waals surface area contributed by atoms with Crippen LogP contribution in [0.3, 0.4) is 0 Å². The number of nitrogens with one attached hydrogen (secondary N) is 2. The Morgan fingerprint density at radius 3 is 2.14 bits per heavy atom. The zero-order valence-corrected chi connectivity index (χ0v) is 17.5. The molecule has 2 rings (SSSR count). The number of H-pyrrole nitrogens is 1. The van der Waals surface area contributed by atoms with Crippen LogP contribution in [0.2, 0.25) is 0 Å². The Bertz CT molecular complexity index is 715. The number of ether oxygens (including phenoxy) is 2. The summed E-state index contributed by atoms with van der Waals surface area (Å²) in [4.78, 5) is 40.1. The first-order chi connectivity index (χ1) is 13.2. The molecule has 156 valence electrons. The highest BCUT2D eigenvalue weighted by Crippen LogP contribution is 2.21. The summed E-state index contributed by atoms with van der Waals surface area (Å²) in [6, 6.07) is 0.142. The fourth-order valence-electron chi connectivity index (χ4n) is 3.55. The summed E-state index contributed by atoms with van der Waals surface area (Å²) in [6.07, 6.45) is 5.36. The molecule has 0 saturated heterocycles. The Labute approximate surface area is 166 Å². The van der Waals surface area contributed by atoms with Gasteiger partial charge in [-0.15, -0.1) is 0 Å². The van der Waals surface area contributed by atoms with Gasteiger partial charge in [-0.2, -0.15) is 0 Å². The van der Waals surface area contributed by atoms with Gasteiger partial charge in [0.1, 0.15) is 5.69 Å². The van der Waals surface area contributed by atoms with E-state index in [1.807, 2.05) is 0 Å². The van der Waals surface area contributed by atoms with Gasteiger partial charge in [-0.3, -0.25) is 4.79 Å². The van der Waals surface area contributed by atoms with Crippen molar-refractivity contribution in [3.63, 3.8) is 0 Å². The van der Waals surface area contributed by atoms with Gasteiger partial charge in [-0.25, -0.2) is 9.59 Å². The molecule has 0 aromatic carbocycles. The molecule has 1 aromatic rings. The maximum absolute atomic E-state index is 12.6. The molecule has 0 aliphatic heterocycles. The highest BCUT2D eigenvalue weighted by molar-refractivity contribution is 5.99. The molecule has 1 aliphatic rings. The Kier molecular flexibility index (Phi) is 7.66. The number of carbonyl (C=O) groups excluding carboxylic acids is 3. The van der Waals surface area contributed by atoms with Gasteiger partial charge in [0.15, 0.2) is 6.10 Å². The molecule has 0 spiro atoms. The van der Waals surface area contributed by atoms with Gasteiger partial charge in [-0.1, -0.05) is 25.7 Å². The van der Waals surface area contributed by atoms with Crippen LogP contribution in [0.15, 0.2) is 0 Å². The summed E-state index contributed by atoms with van der Waals surface area (Å²) in [6.45, 7) is 8.44. The summed E-state index contributed by atoms with van der Waals surface area (Å²) >= 11 is 0. The summed E-state index contributed by atoms with van der Waals surface area (Å²) < 4.78 is 10.6. The van der Waals surface area contributed by atoms with Crippen LogP contribution in [0.1, 0.15) is 91.4 Å². The second kappa shape index (κ2) is 9.75. The van der Waals surface area contributed by atoms with Gasteiger partial charge < -0.3 is 19.8 Å². The van der Waals surface area contributed by atoms with Crippen molar-refractivity contribution >= 4 is 17.8 Å². The lowest BCUT2D eigenvalue weighted by Crippen LogP contribution is -2.42. The zero-order chi connectivity index (χ0) is 20.8. The first-order valence-corrected chi connectivity index (χ1v) is 10.1. The predicted octanol–water partition coefficient (Wildman–Crippen LogP) is 3.58. The van der Waals surface area contributed by atoms with E-state index in [-0.39, 0.29) is 23.7 Å². The van der Waals surface area contributed by atoms with Crippen molar-refractivity contribution in [3.8, 4) is 0 Å². The minimum atomic E-state index is -0.912. The minimum absolute atomic E-state index is 0.142. The molecule has 1 amide bonds. The number of aromatic nitrogens is 1. The topological polar surface area (TPSA) is 97.5 Å². The van der Waals surface area contributed by atoms with Gasteiger partial charge in [0.2, 0.25) is 0 Å². The van der Waals surface area contributed by atoms with E-state index in [9.17, 15) is 14.4 Å². The Morgan fingerprint density at radius 2 is 1.57 bits per heavy atom. The summed E-state index contributed by atoms with van der Waals surface area (Å²) in [7, 11) is 0. The van der Waals surface area contributed by atoms with Crippen molar-refractivity contribution in [2.45, 2.75) is 91.4 Å². The Hall–Kier alpha value is -2.31. The molecular weight excluding hydrogens is 360 g/mol. The molecule has 0 radical (unpaired) electrons. The van der Waals surface area contributed by atoms with Gasteiger partial charge in [0.25, 0.3) is 5.91 Å². The lowest BCUT2D eigenvalue weighted by Gasteiger charge is -2.19. The second-order valence-electron chi connectivity index (χ2n) is 7.82. The van der Waals surface area contributed by atoms with E-state index >= 15 is 0 Å². The molecule has 1 heterocycles. The number of esters is 2. The van der Waals surface area contributed by atoms with Crippen LogP contribution < -0.4 is 5.32 Å². The number of amides is 1. The minimum Gasteiger partial charge on any atom is -0.459 e. The molecule has 7 nitrogen and oxygen atoms in total. The molecule has 28 heavy (non-hydrogen) atoms. The Balaban J connectivity index is 2.01. The standard InChI is InChI=1S/C21H32N2O5/c1-12(2)27-20(25)17-13(3)18(22-14(17)4)21(26)28-15(5)19(24)23-16-10-8-6-7-9-11-16/h12,15-16,22H,6-11H2,1-5H3,(H,23,24)/t15-/m0/s1. The average Bonchev–Trinajstić information content (AvgIpc) is 2.76. The molecule has 1 aromatic heterocycles. The number of hydrogen-bond acceptors (Lipinski definition) is 5. The number of rotatable bonds is 6. The fraction of sp³-hybridized carbons (Fsp3) is 0.667. The summed E-state index contributed by atoms with van der Waals surface area (Å²) in [5.74, 6) is -1.44. The van der Waals surface area contributed by atoms with E-state index in [4.69, 9.17) is 9.47 Å². The number of aryl methyl sites for hydroxylation is 1.